The van der Waals surface area contributed by atoms with Crippen LogP contribution in [0.3, 0.4) is 0 Å². The molecule has 2 aromatic carbocycles. The number of aliphatic imine (C=N–C) groups is 1. The minimum Gasteiger partial charge on any atom is -0.370 e. The molecule has 2 aromatic rings. The molecule has 1 aliphatic rings. The number of hydrogen-bond donors (Lipinski definition) is 2. The van der Waals surface area contributed by atoms with Crippen LogP contribution in [0.4, 0.5) is 5.69 Å². The van der Waals surface area contributed by atoms with Crippen molar-refractivity contribution in [3.63, 3.8) is 0 Å². The molecule has 1 aliphatic heterocycles. The van der Waals surface area contributed by atoms with Crippen molar-refractivity contribution in [1.29, 1.82) is 0 Å². The van der Waals surface area contributed by atoms with Gasteiger partial charge in [0, 0.05) is 18.8 Å². The van der Waals surface area contributed by atoms with E-state index in [-0.39, 0.29) is 5.96 Å². The molecule has 0 unspecified atom stereocenters. The lowest BCUT2D eigenvalue weighted by Crippen LogP contribution is -2.22. The molecule has 0 saturated heterocycles. The van der Waals surface area contributed by atoms with E-state index < -0.39 is 0 Å². The Hall–Kier alpha value is -2.49. The predicted molar refractivity (Wildman–Crippen MR) is 87.2 cm³/mol. The van der Waals surface area contributed by atoms with Crippen LogP contribution in [0.5, 0.6) is 0 Å². The summed E-state index contributed by atoms with van der Waals surface area (Å²) in [4.78, 5) is 6.45. The van der Waals surface area contributed by atoms with Gasteiger partial charge in [0.05, 0.1) is 6.54 Å². The fourth-order valence-electron chi connectivity index (χ4n) is 2.72. The zero-order valence-electron chi connectivity index (χ0n) is 12.0. The maximum absolute atomic E-state index is 5.35. The van der Waals surface area contributed by atoms with Gasteiger partial charge in [-0.2, -0.15) is 0 Å². The Morgan fingerprint density at radius 3 is 2.48 bits per heavy atom. The highest BCUT2D eigenvalue weighted by atomic mass is 15.1. The minimum absolute atomic E-state index is 0.132. The molecular formula is C17H20N4. The van der Waals surface area contributed by atoms with Crippen molar-refractivity contribution in [2.75, 3.05) is 11.4 Å². The van der Waals surface area contributed by atoms with E-state index in [0.717, 1.165) is 25.1 Å². The van der Waals surface area contributed by atoms with Crippen molar-refractivity contribution in [3.05, 3.63) is 65.2 Å². The summed E-state index contributed by atoms with van der Waals surface area (Å²) < 4.78 is 0. The van der Waals surface area contributed by atoms with Gasteiger partial charge in [0.1, 0.15) is 0 Å². The quantitative estimate of drug-likeness (QED) is 0.665. The molecular weight excluding hydrogens is 260 g/mol. The predicted octanol–water partition coefficient (Wildman–Crippen LogP) is 2.02. The molecule has 4 nitrogen and oxygen atoms in total. The van der Waals surface area contributed by atoms with E-state index in [0.29, 0.717) is 6.54 Å². The largest absolute Gasteiger partial charge is 0.370 e. The van der Waals surface area contributed by atoms with Gasteiger partial charge in [0.15, 0.2) is 5.96 Å². The number of nitrogens with two attached hydrogens (primary N) is 2. The summed E-state index contributed by atoms with van der Waals surface area (Å²) in [6.45, 7) is 2.57. The van der Waals surface area contributed by atoms with Crippen molar-refractivity contribution in [3.8, 4) is 0 Å². The molecule has 4 N–H and O–H groups in total. The van der Waals surface area contributed by atoms with Crippen LogP contribution in [0.1, 0.15) is 16.7 Å². The fourth-order valence-corrected chi connectivity index (χ4v) is 2.72. The zero-order valence-corrected chi connectivity index (χ0v) is 12.0. The normalized spacial score (nSPS) is 13.0. The Bertz CT molecular complexity index is 642. The van der Waals surface area contributed by atoms with E-state index in [1.807, 2.05) is 0 Å². The standard InChI is InChI=1S/C17H20N4/c18-17(19)20-11-13-5-7-14(8-6-13)12-21-10-9-15-3-1-2-4-16(15)21/h1-8H,9-12H2,(H4,18,19,20). The molecule has 108 valence electrons. The van der Waals surface area contributed by atoms with Crippen molar-refractivity contribution in [2.24, 2.45) is 16.5 Å². The highest BCUT2D eigenvalue weighted by Crippen LogP contribution is 2.28. The Labute approximate surface area is 125 Å². The zero-order chi connectivity index (χ0) is 14.7. The summed E-state index contributed by atoms with van der Waals surface area (Å²) in [7, 11) is 0. The lowest BCUT2D eigenvalue weighted by molar-refractivity contribution is 0.835. The van der Waals surface area contributed by atoms with Gasteiger partial charge < -0.3 is 16.4 Å². The molecule has 0 fully saturated rings. The third-order valence-corrected chi connectivity index (χ3v) is 3.82. The van der Waals surface area contributed by atoms with Crippen LogP contribution in [0.15, 0.2) is 53.5 Å². The minimum atomic E-state index is 0.132. The monoisotopic (exact) mass is 280 g/mol. The molecule has 3 rings (SSSR count). The van der Waals surface area contributed by atoms with Gasteiger partial charge in [0.2, 0.25) is 0 Å². The summed E-state index contributed by atoms with van der Waals surface area (Å²) in [6.07, 6.45) is 1.14. The van der Waals surface area contributed by atoms with E-state index in [9.17, 15) is 0 Å². The molecule has 0 radical (unpaired) electrons. The topological polar surface area (TPSA) is 67.6 Å². The van der Waals surface area contributed by atoms with Crippen LogP contribution in [0.25, 0.3) is 0 Å². The second-order valence-electron chi connectivity index (χ2n) is 5.36. The third-order valence-electron chi connectivity index (χ3n) is 3.82. The first-order valence-electron chi connectivity index (χ1n) is 7.18. The van der Waals surface area contributed by atoms with Crippen LogP contribution in [0.2, 0.25) is 0 Å². The Balaban J connectivity index is 1.68. The average Bonchev–Trinajstić information content (AvgIpc) is 2.90. The Kier molecular flexibility index (Phi) is 3.77. The number of benzene rings is 2. The van der Waals surface area contributed by atoms with E-state index in [1.54, 1.807) is 0 Å². The second kappa shape index (κ2) is 5.87. The summed E-state index contributed by atoms with van der Waals surface area (Å²) in [6, 6.07) is 17.1. The Morgan fingerprint density at radius 2 is 1.71 bits per heavy atom. The van der Waals surface area contributed by atoms with E-state index in [4.69, 9.17) is 11.5 Å². The van der Waals surface area contributed by atoms with Gasteiger partial charge >= 0.3 is 0 Å². The maximum atomic E-state index is 5.35. The molecule has 1 heterocycles. The number of para-hydroxylation sites is 1. The summed E-state index contributed by atoms with van der Waals surface area (Å²) in [5, 5.41) is 0. The van der Waals surface area contributed by atoms with Crippen LogP contribution in [0, 0.1) is 0 Å². The van der Waals surface area contributed by atoms with Crippen molar-refractivity contribution in [2.45, 2.75) is 19.5 Å². The molecule has 0 bridgehead atoms. The fraction of sp³-hybridized carbons (Fsp3) is 0.235. The first kappa shape index (κ1) is 13.5. The number of anilines is 1. The molecule has 0 amide bonds. The first-order valence-corrected chi connectivity index (χ1v) is 7.18. The highest BCUT2D eigenvalue weighted by Gasteiger charge is 2.17. The van der Waals surface area contributed by atoms with Gasteiger partial charge in [-0.15, -0.1) is 0 Å². The molecule has 0 atom stereocenters. The Morgan fingerprint density at radius 1 is 1.00 bits per heavy atom. The second-order valence-corrected chi connectivity index (χ2v) is 5.36. The van der Waals surface area contributed by atoms with Crippen molar-refractivity contribution < 1.29 is 0 Å². The first-order chi connectivity index (χ1) is 10.2. The van der Waals surface area contributed by atoms with Crippen LogP contribution in [-0.4, -0.2) is 12.5 Å². The van der Waals surface area contributed by atoms with Gasteiger partial charge in [-0.3, -0.25) is 0 Å². The molecule has 4 heteroatoms. The SMILES string of the molecule is NC(N)=NCc1ccc(CN2CCc3ccccc32)cc1. The number of nitrogens with zero attached hydrogens (tertiary/aromatic N) is 2. The number of fused-ring (bicyclic) bond motifs is 1. The molecule has 21 heavy (non-hydrogen) atoms. The van der Waals surface area contributed by atoms with Crippen molar-refractivity contribution >= 4 is 11.6 Å². The summed E-state index contributed by atoms with van der Waals surface area (Å²) in [5.74, 6) is 0.132. The summed E-state index contributed by atoms with van der Waals surface area (Å²) in [5.41, 5.74) is 15.9. The van der Waals surface area contributed by atoms with Gasteiger partial charge in [0.25, 0.3) is 0 Å². The van der Waals surface area contributed by atoms with Crippen molar-refractivity contribution in [1.82, 2.24) is 0 Å². The van der Waals surface area contributed by atoms with Crippen LogP contribution < -0.4 is 16.4 Å². The van der Waals surface area contributed by atoms with Gasteiger partial charge in [-0.25, -0.2) is 4.99 Å². The maximum Gasteiger partial charge on any atom is 0.186 e. The van der Waals surface area contributed by atoms with E-state index in [1.165, 1.54) is 16.8 Å². The molecule has 0 spiro atoms. The third kappa shape index (κ3) is 3.16. The average molecular weight is 280 g/mol. The molecule has 0 aromatic heterocycles. The molecule has 0 aliphatic carbocycles. The van der Waals surface area contributed by atoms with Gasteiger partial charge in [-0.1, -0.05) is 42.5 Å². The van der Waals surface area contributed by atoms with Gasteiger partial charge in [-0.05, 0) is 29.2 Å². The van der Waals surface area contributed by atoms with E-state index >= 15 is 0 Å². The number of guanidine groups is 1. The number of hydrogen-bond acceptors (Lipinski definition) is 2. The molecule has 0 saturated carbocycles. The van der Waals surface area contributed by atoms with Crippen LogP contribution in [-0.2, 0) is 19.5 Å². The highest BCUT2D eigenvalue weighted by molar-refractivity contribution is 5.75. The lowest BCUT2D eigenvalue weighted by atomic mass is 10.1. The lowest BCUT2D eigenvalue weighted by Gasteiger charge is -2.19. The van der Waals surface area contributed by atoms with E-state index in [2.05, 4.69) is 58.4 Å². The van der Waals surface area contributed by atoms with Crippen LogP contribution >= 0.6 is 0 Å². The summed E-state index contributed by atoms with van der Waals surface area (Å²) >= 11 is 0. The number of rotatable bonds is 4. The smallest absolute Gasteiger partial charge is 0.186 e.